The van der Waals surface area contributed by atoms with Crippen LogP contribution in [0.2, 0.25) is 0 Å². The molecule has 3 rings (SSSR count). The number of hydrogen-bond donors (Lipinski definition) is 2. The van der Waals surface area contributed by atoms with E-state index in [0.717, 1.165) is 29.3 Å². The quantitative estimate of drug-likeness (QED) is 0.574. The minimum absolute atomic E-state index is 0.336. The average Bonchev–Trinajstić information content (AvgIpc) is 2.61. The second-order valence-corrected chi connectivity index (χ2v) is 5.45. The second-order valence-electron chi connectivity index (χ2n) is 5.45. The lowest BCUT2D eigenvalue weighted by Gasteiger charge is -2.10. The van der Waals surface area contributed by atoms with Crippen LogP contribution in [-0.4, -0.2) is 21.1 Å². The summed E-state index contributed by atoms with van der Waals surface area (Å²) in [4.78, 5) is 20.0. The molecule has 23 heavy (non-hydrogen) atoms. The maximum Gasteiger partial charge on any atom is 0.276 e. The number of hydrogen-bond acceptors (Lipinski definition) is 4. The molecule has 2 heterocycles. The van der Waals surface area contributed by atoms with Gasteiger partial charge < -0.3 is 0 Å². The number of nitrogens with one attached hydrogen (secondary N) is 1. The average molecular weight is 307 g/mol. The Balaban J connectivity index is 1.88. The Hall–Kier alpha value is -2.79. The topological polar surface area (TPSA) is 75.1 Å². The fraction of sp³-hybridized carbons (Fsp3) is 0.167. The highest BCUT2D eigenvalue weighted by Crippen LogP contribution is 2.22. The van der Waals surface area contributed by atoms with Crippen molar-refractivity contribution in [3.63, 3.8) is 0 Å². The first kappa shape index (κ1) is 15.1. The third-order valence-corrected chi connectivity index (χ3v) is 3.99. The van der Waals surface area contributed by atoms with Crippen LogP contribution in [0.5, 0.6) is 0 Å². The van der Waals surface area contributed by atoms with Gasteiger partial charge in [-0.15, -0.1) is 0 Å². The summed E-state index contributed by atoms with van der Waals surface area (Å²) in [6.45, 7) is 2.04. The van der Waals surface area contributed by atoms with Crippen LogP contribution < -0.4 is 5.48 Å². The number of carbonyl (C=O) groups is 1. The van der Waals surface area contributed by atoms with Gasteiger partial charge in [-0.2, -0.15) is 0 Å². The van der Waals surface area contributed by atoms with Crippen molar-refractivity contribution in [2.75, 3.05) is 0 Å². The number of hydroxylamine groups is 1. The molecular formula is C18H17N3O2. The van der Waals surface area contributed by atoms with E-state index < -0.39 is 5.91 Å². The lowest BCUT2D eigenvalue weighted by Crippen LogP contribution is -2.18. The summed E-state index contributed by atoms with van der Waals surface area (Å²) in [5, 5.41) is 9.59. The highest BCUT2D eigenvalue weighted by Gasteiger charge is 2.09. The molecule has 5 nitrogen and oxygen atoms in total. The standard InChI is InChI=1S/C18H17N3O2/c1-12-14(5-4-13-3-2-8-19-10-13)6-7-15-9-16(18(22)21-23)11-20-17(12)15/h2-3,6-11,23H,4-5H2,1H3,(H,21,22). The number of nitrogens with zero attached hydrogens (tertiary/aromatic N) is 2. The van der Waals surface area contributed by atoms with Gasteiger partial charge in [0, 0.05) is 24.0 Å². The minimum atomic E-state index is -0.558. The molecule has 0 bridgehead atoms. The lowest BCUT2D eigenvalue weighted by molar-refractivity contribution is 0.0706. The Morgan fingerprint density at radius 2 is 2.09 bits per heavy atom. The van der Waals surface area contributed by atoms with E-state index in [4.69, 9.17) is 5.21 Å². The zero-order valence-electron chi connectivity index (χ0n) is 12.8. The van der Waals surface area contributed by atoms with Crippen LogP contribution >= 0.6 is 0 Å². The van der Waals surface area contributed by atoms with Gasteiger partial charge in [0.25, 0.3) is 5.91 Å². The summed E-state index contributed by atoms with van der Waals surface area (Å²) < 4.78 is 0. The number of benzene rings is 1. The third-order valence-electron chi connectivity index (χ3n) is 3.99. The first-order valence-corrected chi connectivity index (χ1v) is 7.40. The van der Waals surface area contributed by atoms with Crippen molar-refractivity contribution in [1.82, 2.24) is 15.4 Å². The van der Waals surface area contributed by atoms with Crippen molar-refractivity contribution in [1.29, 1.82) is 0 Å². The van der Waals surface area contributed by atoms with Crippen LogP contribution in [0.15, 0.2) is 48.9 Å². The van der Waals surface area contributed by atoms with Crippen molar-refractivity contribution >= 4 is 16.8 Å². The minimum Gasteiger partial charge on any atom is -0.288 e. The van der Waals surface area contributed by atoms with Crippen molar-refractivity contribution < 1.29 is 10.0 Å². The highest BCUT2D eigenvalue weighted by molar-refractivity contribution is 5.97. The van der Waals surface area contributed by atoms with E-state index in [9.17, 15) is 4.79 Å². The first-order valence-electron chi connectivity index (χ1n) is 7.40. The molecule has 0 spiro atoms. The number of carbonyl (C=O) groups excluding carboxylic acids is 1. The molecule has 0 aliphatic rings. The Bertz CT molecular complexity index is 848. The van der Waals surface area contributed by atoms with Gasteiger partial charge in [0.05, 0.1) is 11.1 Å². The molecule has 0 aliphatic heterocycles. The van der Waals surface area contributed by atoms with Gasteiger partial charge in [0.2, 0.25) is 0 Å². The molecule has 1 aromatic carbocycles. The predicted octanol–water partition coefficient (Wildman–Crippen LogP) is 2.84. The maximum absolute atomic E-state index is 11.5. The maximum atomic E-state index is 11.5. The zero-order chi connectivity index (χ0) is 16.2. The van der Waals surface area contributed by atoms with Gasteiger partial charge in [-0.1, -0.05) is 18.2 Å². The summed E-state index contributed by atoms with van der Waals surface area (Å²) in [7, 11) is 0. The molecule has 3 aromatic rings. The van der Waals surface area contributed by atoms with Gasteiger partial charge in [0.1, 0.15) is 0 Å². The van der Waals surface area contributed by atoms with Crippen molar-refractivity contribution in [2.24, 2.45) is 0 Å². The van der Waals surface area contributed by atoms with Crippen LogP contribution in [0.1, 0.15) is 27.0 Å². The Labute approximate surface area is 134 Å². The summed E-state index contributed by atoms with van der Waals surface area (Å²) in [5.41, 5.74) is 6.39. The fourth-order valence-electron chi connectivity index (χ4n) is 2.67. The number of aryl methyl sites for hydroxylation is 3. The predicted molar refractivity (Wildman–Crippen MR) is 87.4 cm³/mol. The van der Waals surface area contributed by atoms with Gasteiger partial charge >= 0.3 is 0 Å². The Morgan fingerprint density at radius 3 is 2.83 bits per heavy atom. The number of pyridine rings is 2. The normalized spacial score (nSPS) is 10.7. The van der Waals surface area contributed by atoms with Crippen LogP contribution in [-0.2, 0) is 12.8 Å². The van der Waals surface area contributed by atoms with E-state index >= 15 is 0 Å². The number of amides is 1. The molecular weight excluding hydrogens is 290 g/mol. The largest absolute Gasteiger partial charge is 0.288 e. The molecule has 0 aliphatic carbocycles. The first-order chi connectivity index (χ1) is 11.2. The second kappa shape index (κ2) is 6.54. The van der Waals surface area contributed by atoms with Gasteiger partial charge in [-0.25, -0.2) is 5.48 Å². The SMILES string of the molecule is Cc1c(CCc2cccnc2)ccc2cc(C(=O)NO)cnc12. The van der Waals surface area contributed by atoms with Crippen LogP contribution in [0.4, 0.5) is 0 Å². The molecule has 0 saturated heterocycles. The summed E-state index contributed by atoms with van der Waals surface area (Å²) in [6.07, 6.45) is 6.97. The lowest BCUT2D eigenvalue weighted by atomic mass is 9.98. The van der Waals surface area contributed by atoms with Crippen LogP contribution in [0, 0.1) is 6.92 Å². The number of aromatic nitrogens is 2. The Kier molecular flexibility index (Phi) is 4.30. The van der Waals surface area contributed by atoms with Crippen molar-refractivity contribution in [2.45, 2.75) is 19.8 Å². The van der Waals surface area contributed by atoms with E-state index in [1.165, 1.54) is 17.3 Å². The molecule has 1 amide bonds. The molecule has 5 heteroatoms. The summed E-state index contributed by atoms with van der Waals surface area (Å²) >= 11 is 0. The van der Waals surface area contributed by atoms with Gasteiger partial charge in [0.15, 0.2) is 0 Å². The number of fused-ring (bicyclic) bond motifs is 1. The third kappa shape index (κ3) is 3.19. The molecule has 2 aromatic heterocycles. The molecule has 0 atom stereocenters. The molecule has 0 radical (unpaired) electrons. The zero-order valence-corrected chi connectivity index (χ0v) is 12.8. The van der Waals surface area contributed by atoms with Gasteiger partial charge in [-0.3, -0.25) is 20.0 Å². The fourth-order valence-corrected chi connectivity index (χ4v) is 2.67. The van der Waals surface area contributed by atoms with E-state index in [1.807, 2.05) is 25.3 Å². The van der Waals surface area contributed by atoms with Gasteiger partial charge in [-0.05, 0) is 48.6 Å². The van der Waals surface area contributed by atoms with Crippen molar-refractivity contribution in [3.05, 3.63) is 71.2 Å². The molecule has 116 valence electrons. The number of rotatable bonds is 4. The van der Waals surface area contributed by atoms with E-state index in [0.29, 0.717) is 5.56 Å². The van der Waals surface area contributed by atoms with Crippen LogP contribution in [0.3, 0.4) is 0 Å². The highest BCUT2D eigenvalue weighted by atomic mass is 16.5. The molecule has 0 fully saturated rings. The van der Waals surface area contributed by atoms with Crippen molar-refractivity contribution in [3.8, 4) is 0 Å². The smallest absolute Gasteiger partial charge is 0.276 e. The van der Waals surface area contributed by atoms with E-state index in [1.54, 1.807) is 17.7 Å². The molecule has 0 saturated carbocycles. The molecule has 2 N–H and O–H groups in total. The van der Waals surface area contributed by atoms with E-state index in [2.05, 4.69) is 22.1 Å². The summed E-state index contributed by atoms with van der Waals surface area (Å²) in [6, 6.07) is 9.77. The molecule has 0 unspecified atom stereocenters. The van der Waals surface area contributed by atoms with Crippen LogP contribution in [0.25, 0.3) is 10.9 Å². The van der Waals surface area contributed by atoms with E-state index in [-0.39, 0.29) is 0 Å². The summed E-state index contributed by atoms with van der Waals surface area (Å²) in [5.74, 6) is -0.558. The Morgan fingerprint density at radius 1 is 1.22 bits per heavy atom. The monoisotopic (exact) mass is 307 g/mol.